The fourth-order valence-electron chi connectivity index (χ4n) is 2.65. The zero-order chi connectivity index (χ0) is 11.2. The Labute approximate surface area is 114 Å². The first-order valence-corrected chi connectivity index (χ1v) is 7.68. The summed E-state index contributed by atoms with van der Waals surface area (Å²) in [6.07, 6.45) is 9.99. The molecule has 1 heteroatoms. The van der Waals surface area contributed by atoms with E-state index in [-0.39, 0.29) is 0 Å². The van der Waals surface area contributed by atoms with E-state index in [1.54, 1.807) is 27.4 Å². The van der Waals surface area contributed by atoms with Gasteiger partial charge in [0.25, 0.3) is 0 Å². The number of hydrogen-bond acceptors (Lipinski definition) is 0. The topological polar surface area (TPSA) is 0 Å². The van der Waals surface area contributed by atoms with Gasteiger partial charge >= 0.3 is 114 Å². The first kappa shape index (κ1) is 12.4. The van der Waals surface area contributed by atoms with Crippen LogP contribution in [-0.2, 0) is 30.7 Å². The van der Waals surface area contributed by atoms with Crippen LogP contribution in [0.4, 0.5) is 0 Å². The van der Waals surface area contributed by atoms with E-state index in [9.17, 15) is 0 Å². The zero-order valence-electron chi connectivity index (χ0n) is 9.91. The molecule has 0 nitrogen and oxygen atoms in total. The summed E-state index contributed by atoms with van der Waals surface area (Å²) in [5.41, 5.74) is 1.49. The second-order valence-electron chi connectivity index (χ2n) is 4.97. The fraction of sp³-hybridized carbons (Fsp3) is 0.533. The summed E-state index contributed by atoms with van der Waals surface area (Å²) in [7, 11) is 0. The first-order chi connectivity index (χ1) is 7.84. The standard InChI is InChI=1S/C15H20.Zr/c1-3-8-14(9-4-1)12-7-13-15-10-5-2-6-11-15;/h1,3-4,8-9,15H,2,5-6,10-13H2;/q;+2. The van der Waals surface area contributed by atoms with E-state index < -0.39 is 0 Å². The van der Waals surface area contributed by atoms with Crippen LogP contribution in [0.25, 0.3) is 0 Å². The summed E-state index contributed by atoms with van der Waals surface area (Å²) in [4.78, 5) is 0. The summed E-state index contributed by atoms with van der Waals surface area (Å²) in [5, 5.41) is 0. The minimum absolute atomic E-state index is 1.01. The van der Waals surface area contributed by atoms with Gasteiger partial charge in [-0.05, 0) is 0 Å². The van der Waals surface area contributed by atoms with Gasteiger partial charge in [-0.2, -0.15) is 0 Å². The Morgan fingerprint density at radius 3 is 2.44 bits per heavy atom. The molecule has 1 saturated carbocycles. The summed E-state index contributed by atoms with van der Waals surface area (Å²) in [6, 6.07) is 10.9. The van der Waals surface area contributed by atoms with Crippen molar-refractivity contribution < 1.29 is 24.2 Å². The van der Waals surface area contributed by atoms with Crippen LogP contribution >= 0.6 is 0 Å². The van der Waals surface area contributed by atoms with Gasteiger partial charge in [0.2, 0.25) is 0 Å². The normalized spacial score (nSPS) is 17.4. The third kappa shape index (κ3) is 4.09. The van der Waals surface area contributed by atoms with Crippen LogP contribution in [-0.4, -0.2) is 3.21 Å². The number of rotatable bonds is 4. The van der Waals surface area contributed by atoms with E-state index in [0.717, 1.165) is 5.92 Å². The molecule has 0 heterocycles. The Bertz CT molecular complexity index is 323. The molecule has 2 rings (SSSR count). The predicted molar refractivity (Wildman–Crippen MR) is 66.3 cm³/mol. The van der Waals surface area contributed by atoms with Crippen LogP contribution < -0.4 is 0 Å². The van der Waals surface area contributed by atoms with Crippen molar-refractivity contribution in [3.05, 3.63) is 35.9 Å². The Kier molecular flexibility index (Phi) is 5.16. The molecule has 1 aromatic rings. The average Bonchev–Trinajstić information content (AvgIpc) is 2.31. The minimum atomic E-state index is 1.01. The summed E-state index contributed by atoms with van der Waals surface area (Å²) >= 11 is 1.65. The summed E-state index contributed by atoms with van der Waals surface area (Å²) in [5.74, 6) is 1.01. The van der Waals surface area contributed by atoms with Crippen molar-refractivity contribution in [3.63, 3.8) is 0 Å². The molecule has 16 heavy (non-hydrogen) atoms. The van der Waals surface area contributed by atoms with E-state index in [2.05, 4.69) is 30.3 Å². The molecular weight excluding hydrogens is 271 g/mol. The fourth-order valence-corrected chi connectivity index (χ4v) is 3.87. The molecule has 82 valence electrons. The van der Waals surface area contributed by atoms with Gasteiger partial charge in [-0.1, -0.05) is 0 Å². The van der Waals surface area contributed by atoms with Gasteiger partial charge in [-0.15, -0.1) is 0 Å². The van der Waals surface area contributed by atoms with Gasteiger partial charge in [0.15, 0.2) is 0 Å². The van der Waals surface area contributed by atoms with E-state index in [1.807, 2.05) is 0 Å². The van der Waals surface area contributed by atoms with Crippen LogP contribution in [0, 0.1) is 5.92 Å². The third-order valence-electron chi connectivity index (χ3n) is 3.52. The Morgan fingerprint density at radius 2 is 1.75 bits per heavy atom. The first-order valence-electron chi connectivity index (χ1n) is 6.45. The Balaban J connectivity index is 1.80. The molecule has 0 saturated heterocycles. The quantitative estimate of drug-likeness (QED) is 0.789. The van der Waals surface area contributed by atoms with Crippen LogP contribution in [0.1, 0.15) is 44.1 Å². The molecular formula is C15H20Zr+2. The molecule has 1 aromatic carbocycles. The second-order valence-corrected chi connectivity index (χ2v) is 6.71. The van der Waals surface area contributed by atoms with Crippen molar-refractivity contribution >= 4 is 3.21 Å². The molecule has 1 aliphatic carbocycles. The van der Waals surface area contributed by atoms with Crippen molar-refractivity contribution in [1.29, 1.82) is 0 Å². The summed E-state index contributed by atoms with van der Waals surface area (Å²) in [6.45, 7) is 0. The third-order valence-corrected chi connectivity index (χ3v) is 4.46. The number of hydrogen-bond donors (Lipinski definition) is 0. The summed E-state index contributed by atoms with van der Waals surface area (Å²) < 4.78 is 1.75. The Morgan fingerprint density at radius 1 is 1.06 bits per heavy atom. The van der Waals surface area contributed by atoms with E-state index >= 15 is 0 Å². The maximum absolute atomic E-state index is 2.25. The second kappa shape index (κ2) is 6.65. The van der Waals surface area contributed by atoms with Crippen molar-refractivity contribution in [3.8, 4) is 0 Å². The zero-order valence-corrected chi connectivity index (χ0v) is 12.4. The van der Waals surface area contributed by atoms with Crippen molar-refractivity contribution in [2.45, 2.75) is 44.9 Å². The van der Waals surface area contributed by atoms with Crippen LogP contribution in [0.5, 0.6) is 0 Å². The van der Waals surface area contributed by atoms with Gasteiger partial charge in [-0.25, -0.2) is 0 Å². The van der Waals surface area contributed by atoms with Gasteiger partial charge in [-0.3, -0.25) is 0 Å². The van der Waals surface area contributed by atoms with Gasteiger partial charge in [0, 0.05) is 0 Å². The van der Waals surface area contributed by atoms with E-state index in [1.165, 1.54) is 50.5 Å². The van der Waals surface area contributed by atoms with Crippen LogP contribution in [0.2, 0.25) is 0 Å². The molecule has 0 spiro atoms. The van der Waals surface area contributed by atoms with Crippen LogP contribution in [0.3, 0.4) is 0 Å². The SMILES string of the molecule is [Zr+2]=[C](Cc1ccccc1)CC1CCCCC1. The maximum atomic E-state index is 2.25. The predicted octanol–water partition coefficient (Wildman–Crippen LogP) is 3.92. The molecule has 1 fully saturated rings. The molecule has 0 bridgehead atoms. The number of benzene rings is 1. The van der Waals surface area contributed by atoms with E-state index in [0.29, 0.717) is 0 Å². The van der Waals surface area contributed by atoms with E-state index in [4.69, 9.17) is 0 Å². The Hall–Kier alpha value is -0.0269. The van der Waals surface area contributed by atoms with Gasteiger partial charge < -0.3 is 0 Å². The molecule has 0 amide bonds. The monoisotopic (exact) mass is 290 g/mol. The average molecular weight is 292 g/mol. The molecule has 0 radical (unpaired) electrons. The van der Waals surface area contributed by atoms with Gasteiger partial charge in [0.1, 0.15) is 0 Å². The molecule has 0 unspecified atom stereocenters. The molecule has 0 atom stereocenters. The van der Waals surface area contributed by atoms with Crippen molar-refractivity contribution in [2.24, 2.45) is 5.92 Å². The molecule has 0 N–H and O–H groups in total. The molecule has 1 aliphatic rings. The van der Waals surface area contributed by atoms with Gasteiger partial charge in [0.05, 0.1) is 0 Å². The molecule has 0 aliphatic heterocycles. The van der Waals surface area contributed by atoms with Crippen LogP contribution in [0.15, 0.2) is 30.3 Å². The van der Waals surface area contributed by atoms with Crippen molar-refractivity contribution in [1.82, 2.24) is 0 Å². The molecule has 0 aromatic heterocycles. The van der Waals surface area contributed by atoms with Crippen molar-refractivity contribution in [2.75, 3.05) is 0 Å².